The fourth-order valence-electron chi connectivity index (χ4n) is 2.24. The van der Waals surface area contributed by atoms with Crippen LogP contribution in [-0.4, -0.2) is 20.2 Å². The predicted octanol–water partition coefficient (Wildman–Crippen LogP) is 3.38. The summed E-state index contributed by atoms with van der Waals surface area (Å²) in [5, 5.41) is 6.99. The van der Waals surface area contributed by atoms with E-state index in [1.165, 1.54) is 26.3 Å². The Kier molecular flexibility index (Phi) is 4.77. The Hall–Kier alpha value is -2.45. The van der Waals surface area contributed by atoms with Crippen LogP contribution in [0.4, 0.5) is 10.9 Å². The van der Waals surface area contributed by atoms with Gasteiger partial charge in [-0.1, -0.05) is 31.2 Å². The Morgan fingerprint density at radius 2 is 2.08 bits per heavy atom. The molecule has 0 aliphatic heterocycles. The minimum absolute atomic E-state index is 0.0492. The summed E-state index contributed by atoms with van der Waals surface area (Å²) in [6.45, 7) is 2.12. The molecule has 24 heavy (non-hydrogen) atoms. The van der Waals surface area contributed by atoms with Crippen LogP contribution >= 0.6 is 23.6 Å². The van der Waals surface area contributed by atoms with E-state index >= 15 is 0 Å². The fraction of sp³-hybridized carbons (Fsp3) is 0.188. The molecular formula is C16H17N5OS2. The van der Waals surface area contributed by atoms with Gasteiger partial charge in [-0.25, -0.2) is 4.68 Å². The van der Waals surface area contributed by atoms with Crippen LogP contribution in [0, 0.1) is 4.77 Å². The van der Waals surface area contributed by atoms with Crippen LogP contribution in [0.1, 0.15) is 22.8 Å². The Morgan fingerprint density at radius 3 is 2.71 bits per heavy atom. The third kappa shape index (κ3) is 3.39. The quantitative estimate of drug-likeness (QED) is 0.521. The lowest BCUT2D eigenvalue weighted by Gasteiger charge is -2.05. The minimum Gasteiger partial charge on any atom is -0.366 e. The number of ketones is 1. The highest BCUT2D eigenvalue weighted by Gasteiger charge is 2.13. The molecular weight excluding hydrogens is 342 g/mol. The second-order valence-electron chi connectivity index (χ2n) is 5.20. The zero-order chi connectivity index (χ0) is 17.1. The molecule has 0 atom stereocenters. The molecule has 0 saturated carbocycles. The number of benzene rings is 1. The Balaban J connectivity index is 1.79. The molecule has 3 aromatic rings. The average Bonchev–Trinajstić information content (AvgIpc) is 3.19. The van der Waals surface area contributed by atoms with Gasteiger partial charge in [-0.15, -0.1) is 16.4 Å². The highest BCUT2D eigenvalue weighted by molar-refractivity contribution is 7.71. The topological polar surface area (TPSA) is 77.9 Å². The van der Waals surface area contributed by atoms with Crippen LogP contribution in [0.3, 0.4) is 0 Å². The molecule has 0 aliphatic rings. The lowest BCUT2D eigenvalue weighted by atomic mass is 10.1. The number of rotatable bonds is 6. The molecule has 0 spiro atoms. The number of hydrogen-bond acceptors (Lipinski definition) is 6. The second-order valence-corrected chi connectivity index (χ2v) is 6.51. The third-order valence-electron chi connectivity index (χ3n) is 3.59. The molecule has 0 aliphatic carbocycles. The van der Waals surface area contributed by atoms with E-state index < -0.39 is 0 Å². The van der Waals surface area contributed by atoms with Crippen molar-refractivity contribution in [2.75, 3.05) is 11.2 Å². The smallest absolute Gasteiger partial charge is 0.240 e. The summed E-state index contributed by atoms with van der Waals surface area (Å²) >= 11 is 6.89. The van der Waals surface area contributed by atoms with Gasteiger partial charge < -0.3 is 5.73 Å². The van der Waals surface area contributed by atoms with Crippen molar-refractivity contribution in [2.24, 2.45) is 0 Å². The number of Topliss-reactive ketones (excluding diaryl/α,β-unsaturated/α-hetero) is 1. The van der Waals surface area contributed by atoms with Crippen molar-refractivity contribution in [1.29, 1.82) is 0 Å². The highest BCUT2D eigenvalue weighted by Crippen LogP contribution is 2.17. The number of nitrogen functional groups attached to an aromatic ring is 1. The van der Waals surface area contributed by atoms with Gasteiger partial charge >= 0.3 is 0 Å². The van der Waals surface area contributed by atoms with Crippen molar-refractivity contribution in [2.45, 2.75) is 19.9 Å². The highest BCUT2D eigenvalue weighted by atomic mass is 32.1. The molecule has 0 saturated heterocycles. The summed E-state index contributed by atoms with van der Waals surface area (Å²) in [4.78, 5) is 12.4. The van der Waals surface area contributed by atoms with E-state index in [1.54, 1.807) is 0 Å². The fourth-order valence-corrected chi connectivity index (χ4v) is 3.09. The first-order valence-electron chi connectivity index (χ1n) is 7.46. The van der Waals surface area contributed by atoms with Crippen molar-refractivity contribution >= 4 is 40.3 Å². The summed E-state index contributed by atoms with van der Waals surface area (Å²) in [5.41, 5.74) is 10.8. The number of nitrogens with two attached hydrogens (primary N) is 1. The van der Waals surface area contributed by atoms with Crippen LogP contribution in [0.5, 0.6) is 0 Å². The largest absolute Gasteiger partial charge is 0.366 e. The summed E-state index contributed by atoms with van der Waals surface area (Å²) < 4.78 is 3.27. The van der Waals surface area contributed by atoms with E-state index in [9.17, 15) is 4.79 Å². The molecule has 0 bridgehead atoms. The van der Waals surface area contributed by atoms with Gasteiger partial charge in [0.15, 0.2) is 5.78 Å². The van der Waals surface area contributed by atoms with E-state index in [0.29, 0.717) is 10.3 Å². The number of carbonyl (C=O) groups excluding carboxylic acids is 1. The van der Waals surface area contributed by atoms with E-state index in [1.807, 2.05) is 41.8 Å². The normalized spacial score (nSPS) is 10.7. The minimum atomic E-state index is -0.0606. The number of nitrogens with one attached hydrogen (secondary N) is 1. The first-order valence-corrected chi connectivity index (χ1v) is 8.75. The van der Waals surface area contributed by atoms with Gasteiger partial charge in [0.05, 0.1) is 0 Å². The van der Waals surface area contributed by atoms with Gasteiger partial charge in [0.1, 0.15) is 11.5 Å². The Bertz CT molecular complexity index is 894. The van der Waals surface area contributed by atoms with Crippen molar-refractivity contribution in [1.82, 2.24) is 14.5 Å². The molecule has 6 nitrogen and oxygen atoms in total. The van der Waals surface area contributed by atoms with Gasteiger partial charge in [0, 0.05) is 5.56 Å². The molecule has 0 unspecified atom stereocenters. The molecule has 2 aromatic heterocycles. The van der Waals surface area contributed by atoms with Gasteiger partial charge in [-0.3, -0.25) is 10.2 Å². The van der Waals surface area contributed by atoms with Gasteiger partial charge in [0.25, 0.3) is 0 Å². The molecule has 0 fully saturated rings. The standard InChI is InChI=1S/C16H17N5OS2/c1-2-11-5-7-12(8-6-11)13(22)10-20-16(23)21(15(17)19-20)18-14-4-3-9-24-14/h3-9,18H,2,10H2,1H3,(H2,17,19). The van der Waals surface area contributed by atoms with Crippen molar-refractivity contribution in [3.63, 3.8) is 0 Å². The SMILES string of the molecule is CCc1ccc(C(=O)Cn2nc(N)n(Nc3cccs3)c2=S)cc1. The predicted molar refractivity (Wildman–Crippen MR) is 99.0 cm³/mol. The van der Waals surface area contributed by atoms with Crippen molar-refractivity contribution in [3.05, 3.63) is 57.7 Å². The average molecular weight is 359 g/mol. The molecule has 3 rings (SSSR count). The number of hydrogen-bond donors (Lipinski definition) is 2. The molecule has 0 amide bonds. The van der Waals surface area contributed by atoms with E-state index in [4.69, 9.17) is 18.0 Å². The molecule has 3 N–H and O–H groups in total. The number of thiophene rings is 1. The number of anilines is 2. The maximum atomic E-state index is 12.4. The number of carbonyl (C=O) groups is 1. The number of nitrogens with zero attached hydrogens (tertiary/aromatic N) is 3. The molecule has 124 valence electrons. The first kappa shape index (κ1) is 16.4. The molecule has 8 heteroatoms. The van der Waals surface area contributed by atoms with Gasteiger partial charge in [0.2, 0.25) is 10.7 Å². The van der Waals surface area contributed by atoms with Crippen LogP contribution in [0.25, 0.3) is 0 Å². The number of aryl methyl sites for hydroxylation is 1. The monoisotopic (exact) mass is 359 g/mol. The van der Waals surface area contributed by atoms with E-state index in [2.05, 4.69) is 17.4 Å². The van der Waals surface area contributed by atoms with Crippen molar-refractivity contribution < 1.29 is 4.79 Å². The summed E-state index contributed by atoms with van der Waals surface area (Å²) in [7, 11) is 0. The lowest BCUT2D eigenvalue weighted by Crippen LogP contribution is -2.14. The zero-order valence-corrected chi connectivity index (χ0v) is 14.7. The molecule has 0 radical (unpaired) electrons. The maximum absolute atomic E-state index is 12.4. The zero-order valence-electron chi connectivity index (χ0n) is 13.1. The summed E-state index contributed by atoms with van der Waals surface area (Å²) in [6, 6.07) is 11.4. The maximum Gasteiger partial charge on any atom is 0.240 e. The summed E-state index contributed by atoms with van der Waals surface area (Å²) in [6.07, 6.45) is 0.939. The van der Waals surface area contributed by atoms with Crippen LogP contribution in [-0.2, 0) is 13.0 Å². The lowest BCUT2D eigenvalue weighted by molar-refractivity contribution is 0.0967. The van der Waals surface area contributed by atoms with Crippen LogP contribution < -0.4 is 11.2 Å². The second kappa shape index (κ2) is 6.98. The molecule has 2 heterocycles. The van der Waals surface area contributed by atoms with Crippen LogP contribution in [0.2, 0.25) is 0 Å². The third-order valence-corrected chi connectivity index (χ3v) is 4.75. The van der Waals surface area contributed by atoms with Crippen LogP contribution in [0.15, 0.2) is 41.8 Å². The van der Waals surface area contributed by atoms with Gasteiger partial charge in [-0.05, 0) is 41.7 Å². The molecule has 1 aromatic carbocycles. The van der Waals surface area contributed by atoms with E-state index in [0.717, 1.165) is 11.4 Å². The summed E-state index contributed by atoms with van der Waals surface area (Å²) in [5.74, 6) is 0.150. The van der Waals surface area contributed by atoms with Crippen molar-refractivity contribution in [3.8, 4) is 0 Å². The Labute approximate surface area is 148 Å². The van der Waals surface area contributed by atoms with E-state index in [-0.39, 0.29) is 18.3 Å². The van der Waals surface area contributed by atoms with Gasteiger partial charge in [-0.2, -0.15) is 4.68 Å². The number of aromatic nitrogens is 3. The first-order chi connectivity index (χ1) is 11.6. The Morgan fingerprint density at radius 1 is 1.33 bits per heavy atom.